The van der Waals surface area contributed by atoms with Crippen LogP contribution < -0.4 is 9.64 Å². The maximum absolute atomic E-state index is 10.4. The van der Waals surface area contributed by atoms with Gasteiger partial charge in [-0.1, -0.05) is 42.5 Å². The van der Waals surface area contributed by atoms with Crippen molar-refractivity contribution in [1.29, 1.82) is 0 Å². The molecule has 0 saturated carbocycles. The Bertz CT molecular complexity index is 940. The van der Waals surface area contributed by atoms with E-state index in [-0.39, 0.29) is 6.10 Å². The molecule has 3 aromatic rings. The number of pyridine rings is 1. The molecule has 2 heterocycles. The molecule has 0 bridgehead atoms. The molecular formula is C24H26N2O2. The van der Waals surface area contributed by atoms with Crippen LogP contribution in [0.15, 0.2) is 66.9 Å². The third kappa shape index (κ3) is 3.87. The summed E-state index contributed by atoms with van der Waals surface area (Å²) < 4.78 is 6.14. The van der Waals surface area contributed by atoms with Gasteiger partial charge in [0.05, 0.1) is 12.6 Å². The molecule has 1 unspecified atom stereocenters. The Morgan fingerprint density at radius 1 is 1.07 bits per heavy atom. The number of nitrogens with zero attached hydrogens (tertiary/aromatic N) is 2. The molecule has 0 spiro atoms. The Labute approximate surface area is 166 Å². The molecule has 1 fully saturated rings. The van der Waals surface area contributed by atoms with Crippen LogP contribution in [-0.4, -0.2) is 29.3 Å². The van der Waals surface area contributed by atoms with Crippen LogP contribution in [-0.2, 0) is 0 Å². The van der Waals surface area contributed by atoms with Gasteiger partial charge in [-0.2, -0.15) is 0 Å². The second-order valence-corrected chi connectivity index (χ2v) is 7.42. The van der Waals surface area contributed by atoms with Crippen molar-refractivity contribution in [3.8, 4) is 17.0 Å². The summed E-state index contributed by atoms with van der Waals surface area (Å²) in [6.45, 7) is 5.54. The number of aryl methyl sites for hydroxylation is 1. The summed E-state index contributed by atoms with van der Waals surface area (Å²) >= 11 is 0. The summed E-state index contributed by atoms with van der Waals surface area (Å²) in [4.78, 5) is 6.66. The van der Waals surface area contributed by atoms with Gasteiger partial charge in [0.2, 0.25) is 5.88 Å². The number of hydrogen-bond acceptors (Lipinski definition) is 4. The fourth-order valence-electron chi connectivity index (χ4n) is 3.78. The fourth-order valence-corrected chi connectivity index (χ4v) is 3.78. The van der Waals surface area contributed by atoms with Crippen molar-refractivity contribution in [2.45, 2.75) is 32.5 Å². The zero-order valence-electron chi connectivity index (χ0n) is 16.4. The maximum Gasteiger partial charge on any atom is 0.216 e. The molecule has 1 aliphatic rings. The van der Waals surface area contributed by atoms with E-state index in [1.165, 1.54) is 0 Å². The third-order valence-corrected chi connectivity index (χ3v) is 5.31. The molecular weight excluding hydrogens is 348 g/mol. The van der Waals surface area contributed by atoms with E-state index in [0.717, 1.165) is 47.5 Å². The lowest BCUT2D eigenvalue weighted by molar-refractivity contribution is 0.199. The largest absolute Gasteiger partial charge is 0.472 e. The first-order valence-corrected chi connectivity index (χ1v) is 9.82. The maximum atomic E-state index is 10.4. The second kappa shape index (κ2) is 8.03. The van der Waals surface area contributed by atoms with Crippen LogP contribution in [0, 0.1) is 6.92 Å². The number of benzene rings is 2. The second-order valence-electron chi connectivity index (χ2n) is 7.42. The SMILES string of the molecule is Cc1cccnc1O[C@H]1CCN(c2ccc(-c3ccccc3)cc2C(C)O)C1. The zero-order chi connectivity index (χ0) is 19.5. The lowest BCUT2D eigenvalue weighted by atomic mass is 9.99. The standard InChI is InChI=1S/C24H26N2O2/c1-17-7-6-13-25-24(17)28-21-12-14-26(16-21)23-11-10-20(15-22(23)18(2)27)19-8-4-3-5-9-19/h3-11,13,15,18,21,27H,12,14,16H2,1-2H3/t18?,21-/m0/s1. The monoisotopic (exact) mass is 374 g/mol. The number of ether oxygens (including phenoxy) is 1. The molecule has 1 aliphatic heterocycles. The van der Waals surface area contributed by atoms with Crippen molar-refractivity contribution in [3.63, 3.8) is 0 Å². The Hall–Kier alpha value is -2.85. The molecule has 0 aliphatic carbocycles. The van der Waals surface area contributed by atoms with Crippen molar-refractivity contribution in [2.75, 3.05) is 18.0 Å². The molecule has 4 heteroatoms. The Morgan fingerprint density at radius 3 is 2.64 bits per heavy atom. The van der Waals surface area contributed by atoms with Crippen molar-refractivity contribution < 1.29 is 9.84 Å². The van der Waals surface area contributed by atoms with Crippen LogP contribution in [0.25, 0.3) is 11.1 Å². The molecule has 4 rings (SSSR count). The molecule has 1 aromatic heterocycles. The summed E-state index contributed by atoms with van der Waals surface area (Å²) in [5.41, 5.74) is 5.37. The number of anilines is 1. The van der Waals surface area contributed by atoms with Gasteiger partial charge in [-0.15, -0.1) is 0 Å². The lowest BCUT2D eigenvalue weighted by Crippen LogP contribution is -2.26. The topological polar surface area (TPSA) is 45.6 Å². The van der Waals surface area contributed by atoms with Crippen LogP contribution in [0.2, 0.25) is 0 Å². The van der Waals surface area contributed by atoms with Crippen molar-refractivity contribution in [2.24, 2.45) is 0 Å². The summed E-state index contributed by atoms with van der Waals surface area (Å²) in [5.74, 6) is 0.713. The fraction of sp³-hybridized carbons (Fsp3) is 0.292. The lowest BCUT2D eigenvalue weighted by Gasteiger charge is -2.24. The number of aliphatic hydroxyl groups excluding tert-OH is 1. The van der Waals surface area contributed by atoms with E-state index < -0.39 is 6.10 Å². The van der Waals surface area contributed by atoms with Crippen molar-refractivity contribution in [3.05, 3.63) is 78.0 Å². The van der Waals surface area contributed by atoms with E-state index in [0.29, 0.717) is 5.88 Å². The summed E-state index contributed by atoms with van der Waals surface area (Å²) in [6.07, 6.45) is 2.28. The number of aliphatic hydroxyl groups is 1. The number of aromatic nitrogens is 1. The highest BCUT2D eigenvalue weighted by molar-refractivity contribution is 5.69. The van der Waals surface area contributed by atoms with Crippen LogP contribution in [0.3, 0.4) is 0 Å². The van der Waals surface area contributed by atoms with Gasteiger partial charge in [0.25, 0.3) is 0 Å². The molecule has 2 aromatic carbocycles. The average Bonchev–Trinajstić information content (AvgIpc) is 3.18. The first kappa shape index (κ1) is 18.5. The molecule has 1 N–H and O–H groups in total. The smallest absolute Gasteiger partial charge is 0.216 e. The predicted molar refractivity (Wildman–Crippen MR) is 113 cm³/mol. The van der Waals surface area contributed by atoms with E-state index in [2.05, 4.69) is 40.2 Å². The molecule has 28 heavy (non-hydrogen) atoms. The summed E-state index contributed by atoms with van der Waals surface area (Å²) in [7, 11) is 0. The molecule has 0 radical (unpaired) electrons. The first-order valence-electron chi connectivity index (χ1n) is 9.82. The molecule has 144 valence electrons. The quantitative estimate of drug-likeness (QED) is 0.699. The van der Waals surface area contributed by atoms with Crippen molar-refractivity contribution in [1.82, 2.24) is 4.98 Å². The Balaban J connectivity index is 1.55. The van der Waals surface area contributed by atoms with Gasteiger partial charge in [0, 0.05) is 36.0 Å². The average molecular weight is 374 g/mol. The molecule has 4 nitrogen and oxygen atoms in total. The highest BCUT2D eigenvalue weighted by Crippen LogP contribution is 2.34. The van der Waals surface area contributed by atoms with Crippen LogP contribution >= 0.6 is 0 Å². The van der Waals surface area contributed by atoms with Gasteiger partial charge in [-0.3, -0.25) is 0 Å². The minimum Gasteiger partial charge on any atom is -0.472 e. The van der Waals surface area contributed by atoms with Crippen molar-refractivity contribution >= 4 is 5.69 Å². The van der Waals surface area contributed by atoms with Gasteiger partial charge >= 0.3 is 0 Å². The molecule has 2 atom stereocenters. The van der Waals surface area contributed by atoms with E-state index in [4.69, 9.17) is 4.74 Å². The number of rotatable bonds is 5. The van der Waals surface area contributed by atoms with Gasteiger partial charge in [-0.25, -0.2) is 4.98 Å². The Kier molecular flexibility index (Phi) is 5.31. The molecule has 0 amide bonds. The van der Waals surface area contributed by atoms with Gasteiger partial charge in [-0.05, 0) is 43.2 Å². The highest BCUT2D eigenvalue weighted by Gasteiger charge is 2.27. The van der Waals surface area contributed by atoms with E-state index in [9.17, 15) is 5.11 Å². The number of hydrogen-bond donors (Lipinski definition) is 1. The summed E-state index contributed by atoms with van der Waals surface area (Å²) in [5, 5.41) is 10.4. The summed E-state index contributed by atoms with van der Waals surface area (Å²) in [6, 6.07) is 20.6. The zero-order valence-corrected chi connectivity index (χ0v) is 16.4. The first-order chi connectivity index (χ1) is 13.6. The van der Waals surface area contributed by atoms with Gasteiger partial charge in [0.15, 0.2) is 0 Å². The van der Waals surface area contributed by atoms with Gasteiger partial charge in [0.1, 0.15) is 6.10 Å². The predicted octanol–water partition coefficient (Wildman–Crippen LogP) is 4.77. The normalized spacial score (nSPS) is 17.5. The minimum atomic E-state index is -0.531. The third-order valence-electron chi connectivity index (χ3n) is 5.31. The van der Waals surface area contributed by atoms with Crippen LogP contribution in [0.4, 0.5) is 5.69 Å². The Morgan fingerprint density at radius 2 is 1.89 bits per heavy atom. The van der Waals surface area contributed by atoms with E-state index >= 15 is 0 Å². The van der Waals surface area contributed by atoms with E-state index in [1.54, 1.807) is 6.20 Å². The minimum absolute atomic E-state index is 0.101. The molecule has 1 saturated heterocycles. The highest BCUT2D eigenvalue weighted by atomic mass is 16.5. The van der Waals surface area contributed by atoms with Gasteiger partial charge < -0.3 is 14.7 Å². The van der Waals surface area contributed by atoms with Crippen LogP contribution in [0.5, 0.6) is 5.88 Å². The van der Waals surface area contributed by atoms with E-state index in [1.807, 2.05) is 44.2 Å². The van der Waals surface area contributed by atoms with Crippen LogP contribution in [0.1, 0.15) is 30.6 Å².